The van der Waals surface area contributed by atoms with Crippen LogP contribution in [-0.4, -0.2) is 39.3 Å². The Hall–Kier alpha value is -1.70. The van der Waals surface area contributed by atoms with Crippen LogP contribution in [0, 0.1) is 0 Å². The maximum atomic E-state index is 12.6. The van der Waals surface area contributed by atoms with Crippen molar-refractivity contribution in [3.8, 4) is 0 Å². The molecule has 0 spiro atoms. The van der Waals surface area contributed by atoms with Gasteiger partial charge in [0.05, 0.1) is 11.3 Å². The molecule has 0 atom stereocenters. The third-order valence-electron chi connectivity index (χ3n) is 4.15. The van der Waals surface area contributed by atoms with Gasteiger partial charge in [-0.1, -0.05) is 6.07 Å². The number of fused-ring (bicyclic) bond motifs is 1. The van der Waals surface area contributed by atoms with E-state index in [1.807, 2.05) is 17.5 Å². The zero-order valence-corrected chi connectivity index (χ0v) is 15.4. The van der Waals surface area contributed by atoms with E-state index in [0.29, 0.717) is 13.0 Å². The predicted molar refractivity (Wildman–Crippen MR) is 96.0 cm³/mol. The predicted octanol–water partition coefficient (Wildman–Crippen LogP) is 2.52. The van der Waals surface area contributed by atoms with Crippen LogP contribution in [-0.2, 0) is 27.7 Å². The molecule has 0 saturated heterocycles. The van der Waals surface area contributed by atoms with E-state index >= 15 is 0 Å². The maximum Gasteiger partial charge on any atom is 0.242 e. The Morgan fingerprint density at radius 2 is 2.08 bits per heavy atom. The van der Waals surface area contributed by atoms with Crippen LogP contribution in [0.4, 0.5) is 5.69 Å². The molecule has 1 aromatic heterocycles. The number of carbonyl (C=O) groups excluding carboxylic acids is 1. The largest absolute Gasteiger partial charge is 0.312 e. The van der Waals surface area contributed by atoms with E-state index < -0.39 is 10.0 Å². The zero-order chi connectivity index (χ0) is 17.3. The van der Waals surface area contributed by atoms with E-state index in [0.717, 1.165) is 29.0 Å². The number of nitrogens with zero attached hydrogens (tertiary/aromatic N) is 2. The van der Waals surface area contributed by atoms with Crippen molar-refractivity contribution in [2.24, 2.45) is 0 Å². The molecule has 0 bridgehead atoms. The molecule has 1 aromatic carbocycles. The third kappa shape index (κ3) is 3.24. The Balaban J connectivity index is 1.90. The smallest absolute Gasteiger partial charge is 0.242 e. The molecule has 0 aliphatic carbocycles. The van der Waals surface area contributed by atoms with Gasteiger partial charge in [-0.2, -0.15) is 0 Å². The van der Waals surface area contributed by atoms with E-state index in [2.05, 4.69) is 0 Å². The van der Waals surface area contributed by atoms with Gasteiger partial charge in [0.1, 0.15) is 0 Å². The number of carbonyl (C=O) groups is 1. The number of rotatable bonds is 4. The zero-order valence-electron chi connectivity index (χ0n) is 13.7. The van der Waals surface area contributed by atoms with Gasteiger partial charge < -0.3 is 4.90 Å². The molecule has 2 heterocycles. The molecule has 0 unspecified atom stereocenters. The minimum Gasteiger partial charge on any atom is -0.312 e. The molecule has 3 rings (SSSR count). The molecule has 128 valence electrons. The van der Waals surface area contributed by atoms with Crippen LogP contribution in [0.5, 0.6) is 0 Å². The number of hydrogen-bond donors (Lipinski definition) is 0. The molecule has 0 N–H and O–H groups in total. The average molecular weight is 364 g/mol. The van der Waals surface area contributed by atoms with Gasteiger partial charge in [0.15, 0.2) is 0 Å². The van der Waals surface area contributed by atoms with Crippen LogP contribution in [0.3, 0.4) is 0 Å². The molecule has 24 heavy (non-hydrogen) atoms. The summed E-state index contributed by atoms with van der Waals surface area (Å²) in [6.07, 6.45) is 2.01. The van der Waals surface area contributed by atoms with E-state index in [1.165, 1.54) is 18.4 Å². The molecule has 0 saturated carbocycles. The third-order valence-corrected chi connectivity index (χ3v) is 6.84. The molecule has 1 aliphatic heterocycles. The molecule has 5 nitrogen and oxygen atoms in total. The first-order valence-electron chi connectivity index (χ1n) is 7.78. The summed E-state index contributed by atoms with van der Waals surface area (Å²) in [4.78, 5) is 15.7. The van der Waals surface area contributed by atoms with Crippen molar-refractivity contribution in [1.82, 2.24) is 4.31 Å². The minimum atomic E-state index is -3.46. The van der Waals surface area contributed by atoms with Crippen molar-refractivity contribution in [3.05, 3.63) is 46.2 Å². The fourth-order valence-corrected chi connectivity index (χ4v) is 4.51. The second kappa shape index (κ2) is 6.66. The molecule has 0 radical (unpaired) electrons. The molecular formula is C17H20N2O3S2. The topological polar surface area (TPSA) is 57.7 Å². The summed E-state index contributed by atoms with van der Waals surface area (Å²) in [6.45, 7) is 0.678. The van der Waals surface area contributed by atoms with Crippen molar-refractivity contribution in [2.45, 2.75) is 24.2 Å². The van der Waals surface area contributed by atoms with E-state index in [-0.39, 0.29) is 10.8 Å². The van der Waals surface area contributed by atoms with Crippen LogP contribution in [0.25, 0.3) is 0 Å². The van der Waals surface area contributed by atoms with Crippen molar-refractivity contribution >= 4 is 33.0 Å². The van der Waals surface area contributed by atoms with Crippen molar-refractivity contribution in [2.75, 3.05) is 25.5 Å². The van der Waals surface area contributed by atoms with Crippen LogP contribution in [0.2, 0.25) is 0 Å². The monoisotopic (exact) mass is 364 g/mol. The summed E-state index contributed by atoms with van der Waals surface area (Å²) < 4.78 is 25.8. The second-order valence-corrected chi connectivity index (χ2v) is 9.17. The molecule has 7 heteroatoms. The fourth-order valence-electron chi connectivity index (χ4n) is 2.86. The maximum absolute atomic E-state index is 12.6. The van der Waals surface area contributed by atoms with Gasteiger partial charge in [0.2, 0.25) is 15.9 Å². The van der Waals surface area contributed by atoms with Crippen molar-refractivity contribution in [3.63, 3.8) is 0 Å². The quantitative estimate of drug-likeness (QED) is 0.838. The fraction of sp³-hybridized carbons (Fsp3) is 0.353. The summed E-state index contributed by atoms with van der Waals surface area (Å²) in [7, 11) is -0.419. The first-order valence-corrected chi connectivity index (χ1v) is 10.1. The van der Waals surface area contributed by atoms with Gasteiger partial charge >= 0.3 is 0 Å². The SMILES string of the molecule is CN(C)S(=O)(=O)c1ccc2c(c1)CCCN2C(=O)Cc1cccs1. The number of hydrogen-bond acceptors (Lipinski definition) is 4. The highest BCUT2D eigenvalue weighted by Gasteiger charge is 2.25. The van der Waals surface area contributed by atoms with Gasteiger partial charge in [-0.05, 0) is 48.1 Å². The lowest BCUT2D eigenvalue weighted by Gasteiger charge is -2.30. The normalized spacial score (nSPS) is 14.7. The minimum absolute atomic E-state index is 0.0571. The highest BCUT2D eigenvalue weighted by atomic mass is 32.2. The van der Waals surface area contributed by atoms with Crippen LogP contribution in [0.1, 0.15) is 16.9 Å². The first kappa shape index (κ1) is 17.1. The van der Waals surface area contributed by atoms with Crippen LogP contribution in [0.15, 0.2) is 40.6 Å². The average Bonchev–Trinajstić information content (AvgIpc) is 3.06. The second-order valence-electron chi connectivity index (χ2n) is 5.98. The van der Waals surface area contributed by atoms with Gasteiger partial charge in [-0.25, -0.2) is 12.7 Å². The van der Waals surface area contributed by atoms with Crippen LogP contribution < -0.4 is 4.90 Å². The number of sulfonamides is 1. The van der Waals surface area contributed by atoms with E-state index in [1.54, 1.807) is 34.4 Å². The van der Waals surface area contributed by atoms with E-state index in [4.69, 9.17) is 0 Å². The Morgan fingerprint density at radius 1 is 1.29 bits per heavy atom. The molecule has 2 aromatic rings. The standard InChI is InChI=1S/C17H20N2O3S2/c1-18(2)24(21,22)15-7-8-16-13(11-15)5-3-9-19(16)17(20)12-14-6-4-10-23-14/h4,6-8,10-11H,3,5,9,12H2,1-2H3. The molecule has 1 amide bonds. The number of amides is 1. The van der Waals surface area contributed by atoms with E-state index in [9.17, 15) is 13.2 Å². The van der Waals surface area contributed by atoms with Crippen molar-refractivity contribution in [1.29, 1.82) is 0 Å². The Labute approximate surface area is 146 Å². The molecule has 1 aliphatic rings. The molecule has 0 fully saturated rings. The Bertz CT molecular complexity index is 843. The lowest BCUT2D eigenvalue weighted by molar-refractivity contribution is -0.118. The van der Waals surface area contributed by atoms with Gasteiger partial charge in [0.25, 0.3) is 0 Å². The summed E-state index contributed by atoms with van der Waals surface area (Å²) in [5.74, 6) is 0.0571. The highest BCUT2D eigenvalue weighted by molar-refractivity contribution is 7.89. The summed E-state index contributed by atoms with van der Waals surface area (Å²) in [6, 6.07) is 8.95. The van der Waals surface area contributed by atoms with Gasteiger partial charge in [0, 0.05) is 31.2 Å². The number of benzene rings is 1. The lowest BCUT2D eigenvalue weighted by Crippen LogP contribution is -2.36. The summed E-state index contributed by atoms with van der Waals surface area (Å²) in [5, 5.41) is 1.96. The van der Waals surface area contributed by atoms with Crippen molar-refractivity contribution < 1.29 is 13.2 Å². The van der Waals surface area contributed by atoms with Gasteiger partial charge in [-0.15, -0.1) is 11.3 Å². The number of anilines is 1. The Morgan fingerprint density at radius 3 is 2.75 bits per heavy atom. The highest BCUT2D eigenvalue weighted by Crippen LogP contribution is 2.30. The first-order chi connectivity index (χ1) is 11.4. The Kier molecular flexibility index (Phi) is 4.76. The molecular weight excluding hydrogens is 344 g/mol. The summed E-state index contributed by atoms with van der Waals surface area (Å²) in [5.41, 5.74) is 1.75. The summed E-state index contributed by atoms with van der Waals surface area (Å²) >= 11 is 1.57. The number of thiophene rings is 1. The van der Waals surface area contributed by atoms with Gasteiger partial charge in [-0.3, -0.25) is 4.79 Å². The lowest BCUT2D eigenvalue weighted by atomic mass is 10.0. The van der Waals surface area contributed by atoms with Crippen LogP contribution >= 0.6 is 11.3 Å². The number of aryl methyl sites for hydroxylation is 1.